The number of halogens is 1. The molecule has 1 aliphatic heterocycles. The molecule has 0 bridgehead atoms. The largest absolute Gasteiger partial charge is 0.495 e. The van der Waals surface area contributed by atoms with Crippen LogP contribution in [0.5, 0.6) is 5.75 Å². The first-order chi connectivity index (χ1) is 13.5. The first-order valence-electron chi connectivity index (χ1n) is 9.84. The standard InChI is InChI=1S/C21H28ClN3O3/c1-3-20(26)24-8-10-25(11-9-24)21(27)14-23-18-12-16(15-6-4-5-7-15)17(22)13-19(18)28-2/h3,12-13,15,23H,1,4-11,14H2,2H3. The van der Waals surface area contributed by atoms with Crippen molar-refractivity contribution in [3.63, 3.8) is 0 Å². The van der Waals surface area contributed by atoms with Gasteiger partial charge in [-0.05, 0) is 36.5 Å². The van der Waals surface area contributed by atoms with Crippen molar-refractivity contribution in [1.29, 1.82) is 0 Å². The molecule has 1 saturated carbocycles. The van der Waals surface area contributed by atoms with Crippen LogP contribution in [0.4, 0.5) is 5.69 Å². The van der Waals surface area contributed by atoms with Gasteiger partial charge in [-0.3, -0.25) is 9.59 Å². The molecule has 0 radical (unpaired) electrons. The fraction of sp³-hybridized carbons (Fsp3) is 0.524. The maximum Gasteiger partial charge on any atom is 0.246 e. The molecule has 1 aromatic rings. The van der Waals surface area contributed by atoms with Gasteiger partial charge >= 0.3 is 0 Å². The average molecular weight is 406 g/mol. The van der Waals surface area contributed by atoms with Crippen LogP contribution in [0.25, 0.3) is 0 Å². The minimum Gasteiger partial charge on any atom is -0.495 e. The molecule has 2 fully saturated rings. The molecule has 6 nitrogen and oxygen atoms in total. The zero-order valence-electron chi connectivity index (χ0n) is 16.4. The highest BCUT2D eigenvalue weighted by molar-refractivity contribution is 6.31. The summed E-state index contributed by atoms with van der Waals surface area (Å²) in [5, 5.41) is 3.95. The third-order valence-electron chi connectivity index (χ3n) is 5.66. The highest BCUT2D eigenvalue weighted by atomic mass is 35.5. The van der Waals surface area contributed by atoms with Crippen molar-refractivity contribution in [1.82, 2.24) is 9.80 Å². The summed E-state index contributed by atoms with van der Waals surface area (Å²) in [5.74, 6) is 1.03. The number of carbonyl (C=O) groups excluding carboxylic acids is 2. The van der Waals surface area contributed by atoms with Crippen LogP contribution < -0.4 is 10.1 Å². The molecule has 0 spiro atoms. The zero-order valence-corrected chi connectivity index (χ0v) is 17.1. The molecule has 1 aliphatic carbocycles. The molecule has 1 N–H and O–H groups in total. The van der Waals surface area contributed by atoms with Crippen molar-refractivity contribution >= 4 is 29.1 Å². The minimum absolute atomic E-state index is 0.00474. The van der Waals surface area contributed by atoms with Gasteiger partial charge in [0.05, 0.1) is 19.3 Å². The Kier molecular flexibility index (Phi) is 6.83. The fourth-order valence-corrected chi connectivity index (χ4v) is 4.32. The van der Waals surface area contributed by atoms with Crippen LogP contribution in [0.15, 0.2) is 24.8 Å². The molecule has 7 heteroatoms. The van der Waals surface area contributed by atoms with Gasteiger partial charge in [0.25, 0.3) is 0 Å². The van der Waals surface area contributed by atoms with Crippen LogP contribution in [0.1, 0.15) is 37.2 Å². The highest BCUT2D eigenvalue weighted by Crippen LogP contribution is 2.41. The van der Waals surface area contributed by atoms with Crippen LogP contribution in [0, 0.1) is 0 Å². The number of ether oxygens (including phenoxy) is 1. The minimum atomic E-state index is -0.0874. The number of benzene rings is 1. The van der Waals surface area contributed by atoms with E-state index in [0.29, 0.717) is 37.8 Å². The summed E-state index contributed by atoms with van der Waals surface area (Å²) < 4.78 is 5.45. The van der Waals surface area contributed by atoms with Gasteiger partial charge in [-0.1, -0.05) is 31.0 Å². The second-order valence-corrected chi connectivity index (χ2v) is 7.73. The van der Waals surface area contributed by atoms with Crippen molar-refractivity contribution in [2.24, 2.45) is 0 Å². The van der Waals surface area contributed by atoms with Crippen LogP contribution in [-0.4, -0.2) is 61.4 Å². The SMILES string of the molecule is C=CC(=O)N1CCN(C(=O)CNc2cc(C3CCCC3)c(Cl)cc2OC)CC1. The van der Waals surface area contributed by atoms with Gasteiger partial charge in [0.1, 0.15) is 5.75 Å². The van der Waals surface area contributed by atoms with Crippen LogP contribution in [0.2, 0.25) is 5.02 Å². The van der Waals surface area contributed by atoms with Crippen LogP contribution in [0.3, 0.4) is 0 Å². The third kappa shape index (κ3) is 4.61. The molecule has 2 amide bonds. The summed E-state index contributed by atoms with van der Waals surface area (Å²) >= 11 is 6.47. The van der Waals surface area contributed by atoms with E-state index in [-0.39, 0.29) is 18.4 Å². The lowest BCUT2D eigenvalue weighted by molar-refractivity contribution is -0.135. The van der Waals surface area contributed by atoms with E-state index in [9.17, 15) is 9.59 Å². The molecule has 0 unspecified atom stereocenters. The molecular formula is C21H28ClN3O3. The number of piperazine rings is 1. The second kappa shape index (κ2) is 9.32. The Morgan fingerprint density at radius 1 is 1.21 bits per heavy atom. The normalized spacial score (nSPS) is 17.5. The predicted octanol–water partition coefficient (Wildman–Crippen LogP) is 3.27. The van der Waals surface area contributed by atoms with Crippen molar-refractivity contribution in [3.05, 3.63) is 35.4 Å². The number of carbonyl (C=O) groups is 2. The lowest BCUT2D eigenvalue weighted by Gasteiger charge is -2.34. The number of hydrogen-bond donors (Lipinski definition) is 1. The van der Waals surface area contributed by atoms with E-state index in [1.165, 1.54) is 18.9 Å². The Hall–Kier alpha value is -2.21. The van der Waals surface area contributed by atoms with E-state index in [1.807, 2.05) is 12.1 Å². The third-order valence-corrected chi connectivity index (χ3v) is 5.99. The Morgan fingerprint density at radius 3 is 2.46 bits per heavy atom. The van der Waals surface area contributed by atoms with E-state index in [2.05, 4.69) is 11.9 Å². The number of hydrogen-bond acceptors (Lipinski definition) is 4. The molecule has 152 valence electrons. The van der Waals surface area contributed by atoms with Crippen molar-refractivity contribution < 1.29 is 14.3 Å². The molecule has 1 heterocycles. The van der Waals surface area contributed by atoms with Gasteiger partial charge in [-0.25, -0.2) is 0 Å². The van der Waals surface area contributed by atoms with Crippen molar-refractivity contribution in [2.75, 3.05) is 45.2 Å². The molecule has 2 aliphatic rings. The number of nitrogens with zero attached hydrogens (tertiary/aromatic N) is 2. The molecule has 1 saturated heterocycles. The number of nitrogens with one attached hydrogen (secondary N) is 1. The van der Waals surface area contributed by atoms with Crippen molar-refractivity contribution in [3.8, 4) is 5.75 Å². The second-order valence-electron chi connectivity index (χ2n) is 7.32. The molecule has 1 aromatic carbocycles. The molecule has 28 heavy (non-hydrogen) atoms. The summed E-state index contributed by atoms with van der Waals surface area (Å²) in [6, 6.07) is 3.87. The van der Waals surface area contributed by atoms with Crippen molar-refractivity contribution in [2.45, 2.75) is 31.6 Å². The van der Waals surface area contributed by atoms with Gasteiger partial charge in [-0.15, -0.1) is 0 Å². The molecular weight excluding hydrogens is 378 g/mol. The van der Waals surface area contributed by atoms with Gasteiger partial charge in [0, 0.05) is 37.3 Å². The monoisotopic (exact) mass is 405 g/mol. The molecule has 0 atom stereocenters. The maximum atomic E-state index is 12.6. The Balaban J connectivity index is 1.62. The number of anilines is 1. The lowest BCUT2D eigenvalue weighted by atomic mass is 9.97. The maximum absolute atomic E-state index is 12.6. The first-order valence-corrected chi connectivity index (χ1v) is 10.2. The van der Waals surface area contributed by atoms with Crippen LogP contribution in [-0.2, 0) is 9.59 Å². The summed E-state index contributed by atoms with van der Waals surface area (Å²) in [7, 11) is 1.60. The summed E-state index contributed by atoms with van der Waals surface area (Å²) in [4.78, 5) is 27.7. The van der Waals surface area contributed by atoms with Gasteiger partial charge in [0.15, 0.2) is 0 Å². The quantitative estimate of drug-likeness (QED) is 0.738. The molecule has 0 aromatic heterocycles. The fourth-order valence-electron chi connectivity index (χ4n) is 4.02. The zero-order chi connectivity index (χ0) is 20.1. The highest BCUT2D eigenvalue weighted by Gasteiger charge is 2.24. The Bertz CT molecular complexity index is 739. The number of amides is 2. The first kappa shape index (κ1) is 20.5. The topological polar surface area (TPSA) is 61.9 Å². The number of methoxy groups -OCH3 is 1. The van der Waals surface area contributed by atoms with Gasteiger partial charge in [-0.2, -0.15) is 0 Å². The predicted molar refractivity (Wildman–Crippen MR) is 111 cm³/mol. The Labute approximate surface area is 171 Å². The number of rotatable bonds is 6. The molecule has 3 rings (SSSR count). The van der Waals surface area contributed by atoms with Gasteiger partial charge < -0.3 is 19.9 Å². The summed E-state index contributed by atoms with van der Waals surface area (Å²) in [6.45, 7) is 5.82. The Morgan fingerprint density at radius 2 is 1.86 bits per heavy atom. The van der Waals surface area contributed by atoms with E-state index in [1.54, 1.807) is 16.9 Å². The van der Waals surface area contributed by atoms with E-state index in [0.717, 1.165) is 29.1 Å². The summed E-state index contributed by atoms with van der Waals surface area (Å²) in [6.07, 6.45) is 6.08. The summed E-state index contributed by atoms with van der Waals surface area (Å²) in [5.41, 5.74) is 1.93. The van der Waals surface area contributed by atoms with E-state index < -0.39 is 0 Å². The smallest absolute Gasteiger partial charge is 0.246 e. The van der Waals surface area contributed by atoms with E-state index in [4.69, 9.17) is 16.3 Å². The average Bonchev–Trinajstić information content (AvgIpc) is 3.26. The van der Waals surface area contributed by atoms with Gasteiger partial charge in [0.2, 0.25) is 11.8 Å². The van der Waals surface area contributed by atoms with Crippen LogP contribution >= 0.6 is 11.6 Å². The lowest BCUT2D eigenvalue weighted by Crippen LogP contribution is -2.51. The van der Waals surface area contributed by atoms with E-state index >= 15 is 0 Å².